The second-order valence-electron chi connectivity index (χ2n) is 5.70. The van der Waals surface area contributed by atoms with Crippen LogP contribution in [-0.2, 0) is 15.8 Å². The first-order valence-electron chi connectivity index (χ1n) is 7.62. The third-order valence-corrected chi connectivity index (χ3v) is 5.12. The molecule has 0 bridgehead atoms. The zero-order valence-electron chi connectivity index (χ0n) is 14.4. The Morgan fingerprint density at radius 3 is 2.46 bits per heavy atom. The van der Waals surface area contributed by atoms with Gasteiger partial charge in [-0.2, -0.15) is 0 Å². The summed E-state index contributed by atoms with van der Waals surface area (Å²) in [6.45, 7) is 3.72. The van der Waals surface area contributed by atoms with Crippen LogP contribution in [-0.4, -0.2) is 22.6 Å². The molecule has 2 aromatic carbocycles. The minimum absolute atomic E-state index is 0.0642. The molecule has 1 N–H and O–H groups in total. The Morgan fingerprint density at radius 2 is 1.83 bits per heavy atom. The van der Waals surface area contributed by atoms with Crippen LogP contribution in [0.4, 0.5) is 0 Å². The smallest absolute Gasteiger partial charge is 0.216 e. The predicted molar refractivity (Wildman–Crippen MR) is 94.9 cm³/mol. The van der Waals surface area contributed by atoms with Crippen molar-refractivity contribution in [3.8, 4) is 11.5 Å². The lowest BCUT2D eigenvalue weighted by atomic mass is 10.1. The maximum atomic E-state index is 12.5. The largest absolute Gasteiger partial charge is 0.497 e. The van der Waals surface area contributed by atoms with E-state index in [1.807, 2.05) is 31.2 Å². The van der Waals surface area contributed by atoms with Gasteiger partial charge in [-0.3, -0.25) is 0 Å². The minimum atomic E-state index is -3.49. The first-order valence-corrected chi connectivity index (χ1v) is 9.27. The van der Waals surface area contributed by atoms with Gasteiger partial charge in [0.25, 0.3) is 0 Å². The van der Waals surface area contributed by atoms with Crippen LogP contribution in [0.5, 0.6) is 11.5 Å². The fourth-order valence-electron chi connectivity index (χ4n) is 2.57. The lowest BCUT2D eigenvalue weighted by Gasteiger charge is -2.18. The number of rotatable bonds is 7. The van der Waals surface area contributed by atoms with E-state index in [9.17, 15) is 8.42 Å². The van der Waals surface area contributed by atoms with Crippen molar-refractivity contribution in [2.75, 3.05) is 14.2 Å². The minimum Gasteiger partial charge on any atom is -0.497 e. The zero-order chi connectivity index (χ0) is 17.7. The van der Waals surface area contributed by atoms with Crippen molar-refractivity contribution in [1.29, 1.82) is 0 Å². The molecule has 2 aromatic rings. The second-order valence-corrected chi connectivity index (χ2v) is 7.45. The molecule has 0 radical (unpaired) electrons. The molecule has 130 valence electrons. The van der Waals surface area contributed by atoms with Gasteiger partial charge in [0.2, 0.25) is 10.0 Å². The van der Waals surface area contributed by atoms with Gasteiger partial charge >= 0.3 is 0 Å². The van der Waals surface area contributed by atoms with Crippen LogP contribution in [0.25, 0.3) is 0 Å². The molecule has 1 unspecified atom stereocenters. The molecular formula is C18H23NO4S. The van der Waals surface area contributed by atoms with Crippen molar-refractivity contribution < 1.29 is 17.9 Å². The first-order chi connectivity index (χ1) is 11.3. The molecule has 6 heteroatoms. The van der Waals surface area contributed by atoms with E-state index in [0.717, 1.165) is 16.7 Å². The molecule has 0 fully saturated rings. The first kappa shape index (κ1) is 18.3. The lowest BCUT2D eigenvalue weighted by Crippen LogP contribution is -2.28. The zero-order valence-corrected chi connectivity index (χ0v) is 15.2. The highest BCUT2D eigenvalue weighted by Gasteiger charge is 2.20. The van der Waals surface area contributed by atoms with E-state index in [-0.39, 0.29) is 5.75 Å². The van der Waals surface area contributed by atoms with Crippen LogP contribution in [0.3, 0.4) is 0 Å². The van der Waals surface area contributed by atoms with Gasteiger partial charge in [-0.15, -0.1) is 0 Å². The molecule has 24 heavy (non-hydrogen) atoms. The number of ether oxygens (including phenoxy) is 2. The Morgan fingerprint density at radius 1 is 1.08 bits per heavy atom. The fourth-order valence-corrected chi connectivity index (χ4v) is 3.94. The van der Waals surface area contributed by atoms with Gasteiger partial charge in [-0.1, -0.05) is 29.8 Å². The highest BCUT2D eigenvalue weighted by molar-refractivity contribution is 7.88. The van der Waals surface area contributed by atoms with Crippen LogP contribution in [0.1, 0.15) is 29.7 Å². The summed E-state index contributed by atoms with van der Waals surface area (Å²) in [6.07, 6.45) is 0. The van der Waals surface area contributed by atoms with Crippen molar-refractivity contribution in [2.45, 2.75) is 25.6 Å². The van der Waals surface area contributed by atoms with Crippen molar-refractivity contribution in [3.63, 3.8) is 0 Å². The van der Waals surface area contributed by atoms with Crippen LogP contribution in [0.15, 0.2) is 42.5 Å². The molecule has 2 rings (SSSR count). The van der Waals surface area contributed by atoms with E-state index in [4.69, 9.17) is 9.47 Å². The number of nitrogens with one attached hydrogen (secondary N) is 1. The van der Waals surface area contributed by atoms with E-state index in [1.54, 1.807) is 39.3 Å². The Kier molecular flexibility index (Phi) is 5.85. The lowest BCUT2D eigenvalue weighted by molar-refractivity contribution is 0.395. The molecule has 1 atom stereocenters. The van der Waals surface area contributed by atoms with Gasteiger partial charge in [0.1, 0.15) is 11.5 Å². The summed E-state index contributed by atoms with van der Waals surface area (Å²) < 4.78 is 38.2. The Bertz CT molecular complexity index is 802. The number of sulfonamides is 1. The quantitative estimate of drug-likeness (QED) is 0.834. The van der Waals surface area contributed by atoms with Gasteiger partial charge in [-0.25, -0.2) is 13.1 Å². The fraction of sp³-hybridized carbons (Fsp3) is 0.333. The molecule has 0 aromatic heterocycles. The number of methoxy groups -OCH3 is 2. The van der Waals surface area contributed by atoms with Crippen LogP contribution >= 0.6 is 0 Å². The standard InChI is InChI=1S/C18H23NO4S/c1-13-6-5-7-15(10-13)12-24(20,21)19-14(2)17-11-16(22-3)8-9-18(17)23-4/h5-11,14,19H,12H2,1-4H3. The molecule has 0 saturated heterocycles. The topological polar surface area (TPSA) is 64.6 Å². The van der Waals surface area contributed by atoms with Gasteiger partial charge < -0.3 is 9.47 Å². The van der Waals surface area contributed by atoms with E-state index >= 15 is 0 Å². The number of hydrogen-bond donors (Lipinski definition) is 1. The Labute approximate surface area is 143 Å². The third kappa shape index (κ3) is 4.72. The summed E-state index contributed by atoms with van der Waals surface area (Å²) in [5, 5.41) is 0. The number of hydrogen-bond acceptors (Lipinski definition) is 4. The summed E-state index contributed by atoms with van der Waals surface area (Å²) >= 11 is 0. The van der Waals surface area contributed by atoms with Gasteiger partial charge in [0.15, 0.2) is 0 Å². The Balaban J connectivity index is 2.20. The van der Waals surface area contributed by atoms with E-state index in [1.165, 1.54) is 0 Å². The molecular weight excluding hydrogens is 326 g/mol. The molecule has 0 heterocycles. The van der Waals surface area contributed by atoms with Crippen LogP contribution in [0.2, 0.25) is 0 Å². The van der Waals surface area contributed by atoms with Gasteiger partial charge in [0, 0.05) is 11.6 Å². The van der Waals surface area contributed by atoms with E-state index < -0.39 is 16.1 Å². The molecule has 0 aliphatic carbocycles. The van der Waals surface area contributed by atoms with Crippen molar-refractivity contribution in [2.24, 2.45) is 0 Å². The summed E-state index contributed by atoms with van der Waals surface area (Å²) in [5.74, 6) is 1.20. The summed E-state index contributed by atoms with van der Waals surface area (Å²) in [6, 6.07) is 12.3. The predicted octanol–water partition coefficient (Wildman–Crippen LogP) is 3.19. The van der Waals surface area contributed by atoms with Crippen molar-refractivity contribution >= 4 is 10.0 Å². The molecule has 5 nitrogen and oxygen atoms in total. The van der Waals surface area contributed by atoms with Crippen molar-refractivity contribution in [1.82, 2.24) is 4.72 Å². The third-order valence-electron chi connectivity index (χ3n) is 3.70. The maximum absolute atomic E-state index is 12.5. The Hall–Kier alpha value is -2.05. The highest BCUT2D eigenvalue weighted by atomic mass is 32.2. The highest BCUT2D eigenvalue weighted by Crippen LogP contribution is 2.29. The molecule has 0 saturated carbocycles. The van der Waals surface area contributed by atoms with Crippen molar-refractivity contribution in [3.05, 3.63) is 59.2 Å². The summed E-state index contributed by atoms with van der Waals surface area (Å²) in [4.78, 5) is 0. The summed E-state index contributed by atoms with van der Waals surface area (Å²) in [7, 11) is -0.367. The van der Waals surface area contributed by atoms with E-state index in [2.05, 4.69) is 4.72 Å². The normalized spacial score (nSPS) is 12.7. The SMILES string of the molecule is COc1ccc(OC)c(C(C)NS(=O)(=O)Cc2cccc(C)c2)c1. The molecule has 0 amide bonds. The maximum Gasteiger partial charge on any atom is 0.216 e. The molecule has 0 aliphatic rings. The van der Waals surface area contributed by atoms with Gasteiger partial charge in [-0.05, 0) is 37.6 Å². The number of aryl methyl sites for hydroxylation is 1. The summed E-state index contributed by atoms with van der Waals surface area (Å²) in [5.41, 5.74) is 2.52. The second kappa shape index (κ2) is 7.68. The molecule has 0 aliphatic heterocycles. The van der Waals surface area contributed by atoms with E-state index in [0.29, 0.717) is 11.5 Å². The van der Waals surface area contributed by atoms with Crippen LogP contribution < -0.4 is 14.2 Å². The number of benzene rings is 2. The monoisotopic (exact) mass is 349 g/mol. The van der Waals surface area contributed by atoms with Crippen LogP contribution in [0, 0.1) is 6.92 Å². The molecule has 0 spiro atoms. The van der Waals surface area contributed by atoms with Gasteiger partial charge in [0.05, 0.1) is 20.0 Å². The average molecular weight is 349 g/mol. The average Bonchev–Trinajstić information content (AvgIpc) is 2.53.